The Morgan fingerprint density at radius 2 is 2.07 bits per heavy atom. The third-order valence-electron chi connectivity index (χ3n) is 4.91. The van der Waals surface area contributed by atoms with Crippen LogP contribution in [0, 0.1) is 21.4 Å². The molecule has 0 aliphatic carbocycles. The summed E-state index contributed by atoms with van der Waals surface area (Å²) in [6.07, 6.45) is 0.638. The quantitative estimate of drug-likeness (QED) is 0.624. The molecule has 1 saturated heterocycles. The van der Waals surface area contributed by atoms with Crippen LogP contribution in [0.25, 0.3) is 0 Å². The molecule has 7 nitrogen and oxygen atoms in total. The number of nitro benzene ring substituents is 1. The molecule has 1 aliphatic rings. The van der Waals surface area contributed by atoms with E-state index in [0.29, 0.717) is 25.2 Å². The number of hydrogen-bond donors (Lipinski definition) is 1. The van der Waals surface area contributed by atoms with Crippen molar-refractivity contribution in [1.82, 2.24) is 4.90 Å². The molecule has 27 heavy (non-hydrogen) atoms. The van der Waals surface area contributed by atoms with E-state index in [4.69, 9.17) is 0 Å². The monoisotopic (exact) mass is 366 g/mol. The SMILES string of the molecule is CN(CC1(O)CCN(Cc2ccccc2)C1)c1ccc([N+](=O)[O-])cc1C#N. The van der Waals surface area contributed by atoms with Crippen molar-refractivity contribution in [3.63, 3.8) is 0 Å². The highest BCUT2D eigenvalue weighted by molar-refractivity contribution is 5.62. The fourth-order valence-electron chi connectivity index (χ4n) is 3.63. The molecular weight excluding hydrogens is 344 g/mol. The summed E-state index contributed by atoms with van der Waals surface area (Å²) in [5, 5.41) is 31.2. The lowest BCUT2D eigenvalue weighted by atomic mass is 10.0. The van der Waals surface area contributed by atoms with E-state index in [1.54, 1.807) is 18.0 Å². The second kappa shape index (κ2) is 7.74. The van der Waals surface area contributed by atoms with Crippen molar-refractivity contribution in [2.45, 2.75) is 18.6 Å². The van der Waals surface area contributed by atoms with Crippen LogP contribution in [0.5, 0.6) is 0 Å². The van der Waals surface area contributed by atoms with Gasteiger partial charge in [0.15, 0.2) is 0 Å². The van der Waals surface area contributed by atoms with Crippen LogP contribution in [0.2, 0.25) is 0 Å². The van der Waals surface area contributed by atoms with Crippen molar-refractivity contribution in [2.75, 3.05) is 31.6 Å². The van der Waals surface area contributed by atoms with Crippen molar-refractivity contribution < 1.29 is 10.0 Å². The summed E-state index contributed by atoms with van der Waals surface area (Å²) in [5.74, 6) is 0. The first-order chi connectivity index (χ1) is 12.9. The summed E-state index contributed by atoms with van der Waals surface area (Å²) < 4.78 is 0. The van der Waals surface area contributed by atoms with E-state index in [1.807, 2.05) is 24.3 Å². The molecule has 2 aromatic rings. The van der Waals surface area contributed by atoms with Crippen LogP contribution < -0.4 is 4.90 Å². The van der Waals surface area contributed by atoms with Gasteiger partial charge in [-0.1, -0.05) is 30.3 Å². The Hall–Kier alpha value is -2.95. The number of anilines is 1. The number of nitrogens with zero attached hydrogens (tertiary/aromatic N) is 4. The van der Waals surface area contributed by atoms with Crippen molar-refractivity contribution in [1.29, 1.82) is 5.26 Å². The number of nitro groups is 1. The molecule has 0 aromatic heterocycles. The van der Waals surface area contributed by atoms with Gasteiger partial charge in [-0.2, -0.15) is 5.26 Å². The predicted octanol–water partition coefficient (Wildman–Crippen LogP) is 2.54. The molecule has 1 unspecified atom stereocenters. The average molecular weight is 366 g/mol. The van der Waals surface area contributed by atoms with Crippen molar-refractivity contribution in [3.05, 3.63) is 69.8 Å². The Kier molecular flexibility index (Phi) is 5.40. The van der Waals surface area contributed by atoms with E-state index in [-0.39, 0.29) is 11.3 Å². The van der Waals surface area contributed by atoms with Gasteiger partial charge in [-0.3, -0.25) is 15.0 Å². The van der Waals surface area contributed by atoms with E-state index in [0.717, 1.165) is 13.1 Å². The molecule has 1 atom stereocenters. The molecule has 3 rings (SSSR count). The van der Waals surface area contributed by atoms with E-state index in [1.165, 1.54) is 17.7 Å². The Balaban J connectivity index is 1.68. The lowest BCUT2D eigenvalue weighted by Gasteiger charge is -2.30. The second-order valence-electron chi connectivity index (χ2n) is 7.10. The lowest BCUT2D eigenvalue weighted by Crippen LogP contribution is -2.44. The number of nitriles is 1. The minimum atomic E-state index is -0.891. The molecule has 0 saturated carbocycles. The van der Waals surface area contributed by atoms with Crippen LogP contribution in [0.1, 0.15) is 17.5 Å². The second-order valence-corrected chi connectivity index (χ2v) is 7.10. The van der Waals surface area contributed by atoms with Gasteiger partial charge in [0.1, 0.15) is 6.07 Å². The summed E-state index contributed by atoms with van der Waals surface area (Å²) in [6, 6.07) is 16.4. The van der Waals surface area contributed by atoms with Gasteiger partial charge in [-0.05, 0) is 18.1 Å². The molecule has 0 spiro atoms. The molecule has 7 heteroatoms. The number of rotatable bonds is 6. The average Bonchev–Trinajstić information content (AvgIpc) is 3.02. The van der Waals surface area contributed by atoms with Crippen molar-refractivity contribution in [2.24, 2.45) is 0 Å². The molecule has 0 amide bonds. The van der Waals surface area contributed by atoms with E-state index >= 15 is 0 Å². The number of benzene rings is 2. The summed E-state index contributed by atoms with van der Waals surface area (Å²) in [7, 11) is 1.79. The van der Waals surface area contributed by atoms with Crippen LogP contribution in [-0.4, -0.2) is 47.2 Å². The molecule has 0 radical (unpaired) electrons. The van der Waals surface area contributed by atoms with Gasteiger partial charge in [0.25, 0.3) is 5.69 Å². The summed E-state index contributed by atoms with van der Waals surface area (Å²) >= 11 is 0. The summed E-state index contributed by atoms with van der Waals surface area (Å²) in [4.78, 5) is 14.4. The van der Waals surface area contributed by atoms with Gasteiger partial charge in [0.05, 0.1) is 21.8 Å². The van der Waals surface area contributed by atoms with Crippen molar-refractivity contribution >= 4 is 11.4 Å². The number of likely N-dealkylation sites (N-methyl/N-ethyl adjacent to an activating group) is 1. The van der Waals surface area contributed by atoms with Crippen LogP contribution in [0.15, 0.2) is 48.5 Å². The molecule has 1 N–H and O–H groups in total. The first-order valence-electron chi connectivity index (χ1n) is 8.78. The maximum absolute atomic E-state index is 11.0. The highest BCUT2D eigenvalue weighted by Gasteiger charge is 2.37. The highest BCUT2D eigenvalue weighted by Crippen LogP contribution is 2.29. The number of likely N-dealkylation sites (tertiary alicyclic amines) is 1. The van der Waals surface area contributed by atoms with Crippen LogP contribution in [0.3, 0.4) is 0 Å². The van der Waals surface area contributed by atoms with Gasteiger partial charge in [-0.25, -0.2) is 0 Å². The Morgan fingerprint density at radius 1 is 1.33 bits per heavy atom. The number of hydrogen-bond acceptors (Lipinski definition) is 6. The van der Waals surface area contributed by atoms with Gasteiger partial charge in [0.2, 0.25) is 0 Å². The normalized spacial score (nSPS) is 19.6. The van der Waals surface area contributed by atoms with Gasteiger partial charge >= 0.3 is 0 Å². The zero-order chi connectivity index (χ0) is 19.4. The van der Waals surface area contributed by atoms with Crippen LogP contribution in [0.4, 0.5) is 11.4 Å². The fraction of sp³-hybridized carbons (Fsp3) is 0.350. The van der Waals surface area contributed by atoms with Crippen LogP contribution in [-0.2, 0) is 6.54 Å². The fourth-order valence-corrected chi connectivity index (χ4v) is 3.63. The molecule has 0 bridgehead atoms. The predicted molar refractivity (Wildman–Crippen MR) is 102 cm³/mol. The minimum absolute atomic E-state index is 0.114. The Morgan fingerprint density at radius 3 is 2.74 bits per heavy atom. The molecule has 140 valence electrons. The number of β-amino-alcohol motifs (C(OH)–C–C–N with tert-alkyl or cyclic N) is 1. The largest absolute Gasteiger partial charge is 0.387 e. The molecule has 1 aliphatic heterocycles. The molecule has 1 fully saturated rings. The highest BCUT2D eigenvalue weighted by atomic mass is 16.6. The van der Waals surface area contributed by atoms with Gasteiger partial charge < -0.3 is 10.0 Å². The lowest BCUT2D eigenvalue weighted by molar-refractivity contribution is -0.384. The molecular formula is C20H22N4O3. The van der Waals surface area contributed by atoms with E-state index in [2.05, 4.69) is 17.0 Å². The minimum Gasteiger partial charge on any atom is -0.387 e. The Labute approximate surface area is 158 Å². The van der Waals surface area contributed by atoms with E-state index < -0.39 is 10.5 Å². The smallest absolute Gasteiger partial charge is 0.270 e. The van der Waals surface area contributed by atoms with Gasteiger partial charge in [0, 0.05) is 45.4 Å². The summed E-state index contributed by atoms with van der Waals surface area (Å²) in [6.45, 7) is 2.48. The first kappa shape index (κ1) is 18.8. The third kappa shape index (κ3) is 4.42. The van der Waals surface area contributed by atoms with Crippen LogP contribution >= 0.6 is 0 Å². The first-order valence-corrected chi connectivity index (χ1v) is 8.78. The number of aliphatic hydroxyl groups is 1. The molecule has 1 heterocycles. The Bertz CT molecular complexity index is 865. The van der Waals surface area contributed by atoms with Crippen molar-refractivity contribution in [3.8, 4) is 6.07 Å². The topological polar surface area (TPSA) is 93.6 Å². The van der Waals surface area contributed by atoms with Gasteiger partial charge in [-0.15, -0.1) is 0 Å². The maximum atomic E-state index is 11.0. The third-order valence-corrected chi connectivity index (χ3v) is 4.91. The maximum Gasteiger partial charge on any atom is 0.270 e. The standard InChI is InChI=1S/C20H22N4O3/c1-22(19-8-7-18(24(26)27)11-17(19)12-21)14-20(25)9-10-23(15-20)13-16-5-3-2-4-6-16/h2-8,11,25H,9-10,13-15H2,1H3. The van der Waals surface area contributed by atoms with E-state index in [9.17, 15) is 20.5 Å². The summed E-state index contributed by atoms with van der Waals surface area (Å²) in [5.41, 5.74) is 1.01. The number of non-ortho nitro benzene ring substituents is 1. The molecule has 2 aromatic carbocycles. The zero-order valence-electron chi connectivity index (χ0n) is 15.2. The zero-order valence-corrected chi connectivity index (χ0v) is 15.2.